The molecule has 0 amide bonds. The summed E-state index contributed by atoms with van der Waals surface area (Å²) in [5.74, 6) is 0.794. The van der Waals surface area contributed by atoms with Crippen LogP contribution < -0.4 is 20.7 Å². The maximum absolute atomic E-state index is 11.6. The van der Waals surface area contributed by atoms with Gasteiger partial charge in [0.25, 0.3) is 0 Å². The summed E-state index contributed by atoms with van der Waals surface area (Å²) in [6.07, 6.45) is 0.259. The molecule has 0 aliphatic carbocycles. The standard InChI is InChI=1S/C19H26N6O3/c1-24(2)10-13-4-6-14(7-5-13)11-25-15(12-26)21-16-17(20)22-19(23-18(16)25)28-9-8-27-3/h4-7,12,15,21H,8-11H2,1-3H3,(H2,20,22,23). The van der Waals surface area contributed by atoms with Crippen LogP contribution in [0.1, 0.15) is 11.1 Å². The Kier molecular flexibility index (Phi) is 6.27. The van der Waals surface area contributed by atoms with E-state index in [-0.39, 0.29) is 11.8 Å². The van der Waals surface area contributed by atoms with Crippen LogP contribution in [0, 0.1) is 0 Å². The lowest BCUT2D eigenvalue weighted by molar-refractivity contribution is -0.108. The molecule has 3 N–H and O–H groups in total. The molecule has 1 atom stereocenters. The number of carbonyl (C=O) groups is 1. The van der Waals surface area contributed by atoms with Crippen LogP contribution in [0.2, 0.25) is 0 Å². The van der Waals surface area contributed by atoms with Gasteiger partial charge >= 0.3 is 6.01 Å². The number of anilines is 3. The van der Waals surface area contributed by atoms with Crippen molar-refractivity contribution in [2.24, 2.45) is 0 Å². The summed E-state index contributed by atoms with van der Waals surface area (Å²) in [4.78, 5) is 24.2. The minimum absolute atomic E-state index is 0.160. The van der Waals surface area contributed by atoms with E-state index in [4.69, 9.17) is 15.2 Å². The van der Waals surface area contributed by atoms with Gasteiger partial charge in [0.05, 0.1) is 6.61 Å². The quantitative estimate of drug-likeness (QED) is 0.484. The van der Waals surface area contributed by atoms with Crippen LogP contribution in [0.4, 0.5) is 17.3 Å². The number of fused-ring (bicyclic) bond motifs is 1. The lowest BCUT2D eigenvalue weighted by Gasteiger charge is -2.22. The Balaban J connectivity index is 1.82. The minimum Gasteiger partial charge on any atom is -0.461 e. The fourth-order valence-corrected chi connectivity index (χ4v) is 3.02. The van der Waals surface area contributed by atoms with E-state index in [9.17, 15) is 4.79 Å². The van der Waals surface area contributed by atoms with E-state index >= 15 is 0 Å². The maximum atomic E-state index is 11.6. The number of nitrogens with two attached hydrogens (primary N) is 1. The highest BCUT2D eigenvalue weighted by molar-refractivity contribution is 5.87. The zero-order valence-electron chi connectivity index (χ0n) is 16.4. The van der Waals surface area contributed by atoms with Gasteiger partial charge in [-0.15, -0.1) is 0 Å². The SMILES string of the molecule is COCCOc1nc(N)c2c(n1)N(Cc1ccc(CN(C)C)cc1)C(C=O)N2. The number of nitrogens with one attached hydrogen (secondary N) is 1. The highest BCUT2D eigenvalue weighted by Gasteiger charge is 2.33. The third-order valence-corrected chi connectivity index (χ3v) is 4.32. The van der Waals surface area contributed by atoms with Gasteiger partial charge in [0.1, 0.15) is 12.3 Å². The first kappa shape index (κ1) is 19.8. The zero-order chi connectivity index (χ0) is 20.1. The van der Waals surface area contributed by atoms with Gasteiger partial charge in [0.15, 0.2) is 24.1 Å². The number of aromatic nitrogens is 2. The largest absolute Gasteiger partial charge is 0.461 e. The predicted molar refractivity (Wildman–Crippen MR) is 107 cm³/mol. The van der Waals surface area contributed by atoms with Gasteiger partial charge in [-0.05, 0) is 25.2 Å². The van der Waals surface area contributed by atoms with Gasteiger partial charge in [0, 0.05) is 20.2 Å². The number of carbonyl (C=O) groups excluding carboxylic acids is 1. The third-order valence-electron chi connectivity index (χ3n) is 4.32. The van der Waals surface area contributed by atoms with Crippen molar-refractivity contribution in [2.45, 2.75) is 19.3 Å². The predicted octanol–water partition coefficient (Wildman–Crippen LogP) is 1.10. The first-order valence-corrected chi connectivity index (χ1v) is 9.02. The molecule has 1 aliphatic heterocycles. The molecule has 1 aliphatic rings. The normalized spacial score (nSPS) is 15.4. The first-order valence-electron chi connectivity index (χ1n) is 9.02. The number of rotatable bonds is 9. The van der Waals surface area contributed by atoms with Crippen molar-refractivity contribution in [3.05, 3.63) is 35.4 Å². The number of methoxy groups -OCH3 is 1. The molecule has 0 saturated carbocycles. The van der Waals surface area contributed by atoms with Crippen molar-refractivity contribution in [3.63, 3.8) is 0 Å². The van der Waals surface area contributed by atoms with Crippen LogP contribution in [0.25, 0.3) is 0 Å². The third kappa shape index (κ3) is 4.49. The topological polar surface area (TPSA) is 106 Å². The van der Waals surface area contributed by atoms with Gasteiger partial charge < -0.3 is 30.3 Å². The molecule has 150 valence electrons. The number of nitrogens with zero attached hydrogens (tertiary/aromatic N) is 4. The molecule has 28 heavy (non-hydrogen) atoms. The highest BCUT2D eigenvalue weighted by Crippen LogP contribution is 2.38. The fourth-order valence-electron chi connectivity index (χ4n) is 3.02. The molecule has 1 aromatic heterocycles. The van der Waals surface area contributed by atoms with Crippen molar-refractivity contribution in [3.8, 4) is 6.01 Å². The molecule has 3 rings (SSSR count). The molecule has 2 aromatic rings. The van der Waals surface area contributed by atoms with Crippen LogP contribution >= 0.6 is 0 Å². The Bertz CT molecular complexity index is 812. The molecular weight excluding hydrogens is 360 g/mol. The monoisotopic (exact) mass is 386 g/mol. The van der Waals surface area contributed by atoms with Crippen LogP contribution in [0.5, 0.6) is 6.01 Å². The molecule has 0 saturated heterocycles. The number of aldehydes is 1. The van der Waals surface area contributed by atoms with E-state index in [0.29, 0.717) is 31.3 Å². The van der Waals surface area contributed by atoms with E-state index < -0.39 is 6.17 Å². The molecular formula is C19H26N6O3. The lowest BCUT2D eigenvalue weighted by Crippen LogP contribution is -2.36. The molecule has 9 heteroatoms. The van der Waals surface area contributed by atoms with Crippen LogP contribution in [-0.2, 0) is 22.6 Å². The van der Waals surface area contributed by atoms with Crippen molar-refractivity contribution >= 4 is 23.6 Å². The fraction of sp³-hybridized carbons (Fsp3) is 0.421. The van der Waals surface area contributed by atoms with E-state index in [1.54, 1.807) is 7.11 Å². The average Bonchev–Trinajstić information content (AvgIpc) is 3.01. The van der Waals surface area contributed by atoms with Crippen molar-refractivity contribution < 1.29 is 14.3 Å². The van der Waals surface area contributed by atoms with Gasteiger partial charge in [-0.1, -0.05) is 24.3 Å². The van der Waals surface area contributed by atoms with Crippen LogP contribution in [0.15, 0.2) is 24.3 Å². The summed E-state index contributed by atoms with van der Waals surface area (Å²) < 4.78 is 10.5. The molecule has 0 fully saturated rings. The molecule has 9 nitrogen and oxygen atoms in total. The van der Waals surface area contributed by atoms with Gasteiger partial charge in [-0.2, -0.15) is 9.97 Å². The number of hydrogen-bond donors (Lipinski definition) is 2. The second-order valence-electron chi connectivity index (χ2n) is 6.84. The molecule has 0 spiro atoms. The zero-order valence-corrected chi connectivity index (χ0v) is 16.4. The summed E-state index contributed by atoms with van der Waals surface area (Å²) in [5, 5.41) is 3.08. The second kappa shape index (κ2) is 8.85. The summed E-state index contributed by atoms with van der Waals surface area (Å²) in [7, 11) is 5.66. The summed E-state index contributed by atoms with van der Waals surface area (Å²) in [5.41, 5.74) is 8.87. The molecule has 2 heterocycles. The van der Waals surface area contributed by atoms with Gasteiger partial charge in [-0.25, -0.2) is 0 Å². The minimum atomic E-state index is -0.567. The summed E-state index contributed by atoms with van der Waals surface area (Å²) in [6, 6.07) is 8.44. The summed E-state index contributed by atoms with van der Waals surface area (Å²) >= 11 is 0. The van der Waals surface area contributed by atoms with Crippen molar-refractivity contribution in [1.29, 1.82) is 0 Å². The Hall–Kier alpha value is -2.91. The van der Waals surface area contributed by atoms with Crippen LogP contribution in [-0.4, -0.2) is 61.7 Å². The van der Waals surface area contributed by atoms with E-state index in [1.807, 2.05) is 19.0 Å². The van der Waals surface area contributed by atoms with Crippen molar-refractivity contribution in [1.82, 2.24) is 14.9 Å². The summed E-state index contributed by atoms with van der Waals surface area (Å²) in [6.45, 7) is 2.10. The molecule has 1 unspecified atom stereocenters. The average molecular weight is 386 g/mol. The number of benzene rings is 1. The Morgan fingerprint density at radius 3 is 2.57 bits per heavy atom. The number of hydrogen-bond acceptors (Lipinski definition) is 9. The maximum Gasteiger partial charge on any atom is 0.320 e. The lowest BCUT2D eigenvalue weighted by atomic mass is 10.1. The van der Waals surface area contributed by atoms with E-state index in [2.05, 4.69) is 44.5 Å². The number of nitrogen functional groups attached to an aromatic ring is 1. The Morgan fingerprint density at radius 2 is 1.93 bits per heavy atom. The smallest absolute Gasteiger partial charge is 0.320 e. The van der Waals surface area contributed by atoms with E-state index in [1.165, 1.54) is 5.56 Å². The highest BCUT2D eigenvalue weighted by atomic mass is 16.5. The Morgan fingerprint density at radius 1 is 1.21 bits per heavy atom. The van der Waals surface area contributed by atoms with Crippen molar-refractivity contribution in [2.75, 3.05) is 50.4 Å². The molecule has 0 bridgehead atoms. The van der Waals surface area contributed by atoms with Gasteiger partial charge in [0.2, 0.25) is 0 Å². The van der Waals surface area contributed by atoms with Crippen LogP contribution in [0.3, 0.4) is 0 Å². The molecule has 1 aromatic carbocycles. The van der Waals surface area contributed by atoms with Gasteiger partial charge in [-0.3, -0.25) is 4.79 Å². The molecule has 0 radical (unpaired) electrons. The number of ether oxygens (including phenoxy) is 2. The second-order valence-corrected chi connectivity index (χ2v) is 6.84. The Labute approximate surface area is 164 Å². The first-order chi connectivity index (χ1) is 13.5. The van der Waals surface area contributed by atoms with E-state index in [0.717, 1.165) is 18.4 Å².